The van der Waals surface area contributed by atoms with E-state index in [-0.39, 0.29) is 12.3 Å². The number of benzene rings is 1. The van der Waals surface area contributed by atoms with E-state index in [9.17, 15) is 9.59 Å². The normalized spacial score (nSPS) is 15.6. The van der Waals surface area contributed by atoms with Crippen LogP contribution in [0.25, 0.3) is 10.9 Å². The van der Waals surface area contributed by atoms with Crippen molar-refractivity contribution < 1.29 is 9.59 Å². The molecule has 0 spiro atoms. The molecule has 2 heterocycles. The number of anilines is 2. The third kappa shape index (κ3) is 1.78. The van der Waals surface area contributed by atoms with Crippen molar-refractivity contribution in [3.8, 4) is 0 Å². The van der Waals surface area contributed by atoms with Crippen molar-refractivity contribution in [1.82, 2.24) is 15.1 Å². The largest absolute Gasteiger partial charge is 0.386 e. The Balaban J connectivity index is 2.13. The predicted molar refractivity (Wildman–Crippen MR) is 75.8 cm³/mol. The van der Waals surface area contributed by atoms with E-state index in [0.717, 1.165) is 16.6 Å². The lowest BCUT2D eigenvalue weighted by Gasteiger charge is -2.24. The van der Waals surface area contributed by atoms with Gasteiger partial charge in [0.15, 0.2) is 5.82 Å². The van der Waals surface area contributed by atoms with E-state index < -0.39 is 6.03 Å². The van der Waals surface area contributed by atoms with Gasteiger partial charge in [0.05, 0.1) is 11.2 Å². The smallest absolute Gasteiger partial charge is 0.329 e. The van der Waals surface area contributed by atoms with Crippen molar-refractivity contribution in [3.05, 3.63) is 18.2 Å². The van der Waals surface area contributed by atoms with E-state index in [4.69, 9.17) is 0 Å². The number of aryl methyl sites for hydroxylation is 1. The summed E-state index contributed by atoms with van der Waals surface area (Å²) in [4.78, 5) is 24.7. The van der Waals surface area contributed by atoms with Crippen LogP contribution in [0.2, 0.25) is 0 Å². The molecule has 1 aliphatic heterocycles. The van der Waals surface area contributed by atoms with Crippen molar-refractivity contribution >= 4 is 34.3 Å². The summed E-state index contributed by atoms with van der Waals surface area (Å²) in [5.74, 6) is 0.326. The van der Waals surface area contributed by atoms with Crippen LogP contribution in [0.1, 0.15) is 6.42 Å². The average Bonchev–Trinajstić information content (AvgIpc) is 2.76. The van der Waals surface area contributed by atoms with E-state index in [2.05, 4.69) is 15.7 Å². The van der Waals surface area contributed by atoms with Crippen LogP contribution in [0.4, 0.5) is 16.3 Å². The molecule has 1 aliphatic rings. The van der Waals surface area contributed by atoms with Crippen LogP contribution in [0.15, 0.2) is 18.2 Å². The highest BCUT2D eigenvalue weighted by molar-refractivity contribution is 6.10. The molecule has 2 N–H and O–H groups in total. The lowest BCUT2D eigenvalue weighted by molar-refractivity contribution is -0.120. The van der Waals surface area contributed by atoms with Gasteiger partial charge >= 0.3 is 6.03 Å². The molecule has 3 amide bonds. The Morgan fingerprint density at radius 1 is 1.35 bits per heavy atom. The van der Waals surface area contributed by atoms with Crippen molar-refractivity contribution in [2.45, 2.75) is 6.42 Å². The molecule has 104 valence electrons. The number of fused-ring (bicyclic) bond motifs is 1. The maximum atomic E-state index is 11.9. The lowest BCUT2D eigenvalue weighted by atomic mass is 10.2. The highest BCUT2D eigenvalue weighted by atomic mass is 16.2. The number of urea groups is 1. The van der Waals surface area contributed by atoms with Gasteiger partial charge in [-0.1, -0.05) is 6.07 Å². The minimum absolute atomic E-state index is 0.248. The van der Waals surface area contributed by atoms with Gasteiger partial charge in [0.25, 0.3) is 0 Å². The number of hydrogen-bond donors (Lipinski definition) is 2. The fraction of sp³-hybridized carbons (Fsp3) is 0.308. The molecule has 7 nitrogen and oxygen atoms in total. The van der Waals surface area contributed by atoms with E-state index in [1.165, 1.54) is 4.90 Å². The zero-order valence-corrected chi connectivity index (χ0v) is 11.3. The Morgan fingerprint density at radius 3 is 2.85 bits per heavy atom. The summed E-state index contributed by atoms with van der Waals surface area (Å²) >= 11 is 0. The summed E-state index contributed by atoms with van der Waals surface area (Å²) in [5.41, 5.74) is 1.87. The predicted octanol–water partition coefficient (Wildman–Crippen LogP) is 1.06. The third-order valence-electron chi connectivity index (χ3n) is 3.42. The molecule has 1 saturated heterocycles. The standard InChI is InChI=1S/C13H15N5O2/c1-14-9-5-3-4-8-11(9)17(2)16-12(8)18-7-6-10(19)15-13(18)20/h3-5,14H,6-7H2,1-2H3,(H,15,19,20). The minimum Gasteiger partial charge on any atom is -0.386 e. The minimum atomic E-state index is -0.420. The van der Waals surface area contributed by atoms with Gasteiger partial charge in [-0.2, -0.15) is 5.10 Å². The number of para-hydroxylation sites is 1. The summed E-state index contributed by atoms with van der Waals surface area (Å²) in [5, 5.41) is 10.7. The van der Waals surface area contributed by atoms with Gasteiger partial charge in [0, 0.05) is 32.4 Å². The summed E-state index contributed by atoms with van der Waals surface area (Å²) < 4.78 is 1.74. The Kier molecular flexibility index (Phi) is 2.81. The maximum absolute atomic E-state index is 11.9. The molecular weight excluding hydrogens is 258 g/mol. The lowest BCUT2D eigenvalue weighted by Crippen LogP contribution is -2.49. The fourth-order valence-corrected chi connectivity index (χ4v) is 2.49. The zero-order valence-electron chi connectivity index (χ0n) is 11.3. The number of aromatic nitrogens is 2. The Hall–Kier alpha value is -2.57. The van der Waals surface area contributed by atoms with E-state index in [1.807, 2.05) is 32.3 Å². The van der Waals surface area contributed by atoms with E-state index in [0.29, 0.717) is 12.4 Å². The first kappa shape index (κ1) is 12.5. The highest BCUT2D eigenvalue weighted by Crippen LogP contribution is 2.31. The average molecular weight is 273 g/mol. The molecule has 0 radical (unpaired) electrons. The molecule has 0 aliphatic carbocycles. The van der Waals surface area contributed by atoms with Gasteiger partial charge in [0.1, 0.15) is 0 Å². The van der Waals surface area contributed by atoms with Crippen LogP contribution in [-0.2, 0) is 11.8 Å². The zero-order chi connectivity index (χ0) is 14.3. The number of imide groups is 1. The van der Waals surface area contributed by atoms with Gasteiger partial charge in [-0.25, -0.2) is 4.79 Å². The van der Waals surface area contributed by atoms with Gasteiger partial charge in [-0.05, 0) is 12.1 Å². The number of nitrogens with zero attached hydrogens (tertiary/aromatic N) is 3. The van der Waals surface area contributed by atoms with Crippen molar-refractivity contribution in [2.24, 2.45) is 7.05 Å². The second-order valence-electron chi connectivity index (χ2n) is 4.65. The second kappa shape index (κ2) is 4.52. The summed E-state index contributed by atoms with van der Waals surface area (Å²) in [6.45, 7) is 0.348. The van der Waals surface area contributed by atoms with Gasteiger partial charge in [-0.3, -0.25) is 19.7 Å². The molecular formula is C13H15N5O2. The van der Waals surface area contributed by atoms with Crippen LogP contribution in [0.5, 0.6) is 0 Å². The van der Waals surface area contributed by atoms with Crippen LogP contribution >= 0.6 is 0 Å². The summed E-state index contributed by atoms with van der Waals surface area (Å²) in [6, 6.07) is 5.36. The van der Waals surface area contributed by atoms with E-state index in [1.54, 1.807) is 4.68 Å². The van der Waals surface area contributed by atoms with E-state index >= 15 is 0 Å². The van der Waals surface area contributed by atoms with Crippen molar-refractivity contribution in [1.29, 1.82) is 0 Å². The monoisotopic (exact) mass is 273 g/mol. The Bertz CT molecular complexity index is 706. The number of hydrogen-bond acceptors (Lipinski definition) is 4. The Labute approximate surface area is 115 Å². The van der Waals surface area contributed by atoms with Gasteiger partial charge in [-0.15, -0.1) is 0 Å². The number of carbonyl (C=O) groups is 2. The maximum Gasteiger partial charge on any atom is 0.329 e. The molecule has 0 saturated carbocycles. The topological polar surface area (TPSA) is 79.3 Å². The first-order chi connectivity index (χ1) is 9.61. The molecule has 7 heteroatoms. The first-order valence-corrected chi connectivity index (χ1v) is 6.36. The summed E-state index contributed by atoms with van der Waals surface area (Å²) in [6.07, 6.45) is 0.287. The molecule has 0 bridgehead atoms. The molecule has 0 atom stereocenters. The molecule has 20 heavy (non-hydrogen) atoms. The number of carbonyl (C=O) groups excluding carboxylic acids is 2. The van der Waals surface area contributed by atoms with Gasteiger partial charge < -0.3 is 5.32 Å². The number of nitrogens with one attached hydrogen (secondary N) is 2. The summed E-state index contributed by atoms with van der Waals surface area (Å²) in [7, 11) is 3.67. The first-order valence-electron chi connectivity index (χ1n) is 6.36. The SMILES string of the molecule is CNc1cccc2c(N3CCC(=O)NC3=O)nn(C)c12. The van der Waals surface area contributed by atoms with Crippen LogP contribution < -0.4 is 15.5 Å². The van der Waals surface area contributed by atoms with Gasteiger partial charge in [0.2, 0.25) is 5.91 Å². The Morgan fingerprint density at radius 2 is 2.15 bits per heavy atom. The van der Waals surface area contributed by atoms with Crippen molar-refractivity contribution in [2.75, 3.05) is 23.8 Å². The fourth-order valence-electron chi connectivity index (χ4n) is 2.49. The molecule has 1 fully saturated rings. The van der Waals surface area contributed by atoms with Crippen molar-refractivity contribution in [3.63, 3.8) is 0 Å². The molecule has 0 unspecified atom stereocenters. The second-order valence-corrected chi connectivity index (χ2v) is 4.65. The number of amides is 3. The third-order valence-corrected chi connectivity index (χ3v) is 3.42. The van der Waals surface area contributed by atoms with Crippen LogP contribution in [0, 0.1) is 0 Å². The van der Waals surface area contributed by atoms with Crippen LogP contribution in [-0.4, -0.2) is 35.3 Å². The van der Waals surface area contributed by atoms with Crippen LogP contribution in [0.3, 0.4) is 0 Å². The molecule has 3 rings (SSSR count). The molecule has 1 aromatic carbocycles. The molecule has 1 aromatic heterocycles. The molecule has 2 aromatic rings. The quantitative estimate of drug-likeness (QED) is 0.857. The number of rotatable bonds is 2. The highest BCUT2D eigenvalue weighted by Gasteiger charge is 2.28.